The first-order chi connectivity index (χ1) is 13.1. The predicted octanol–water partition coefficient (Wildman–Crippen LogP) is 2.11. The van der Waals surface area contributed by atoms with E-state index in [4.69, 9.17) is 18.9 Å². The summed E-state index contributed by atoms with van der Waals surface area (Å²) in [5, 5.41) is 10.4. The van der Waals surface area contributed by atoms with Crippen LogP contribution in [0.25, 0.3) is 0 Å². The number of hydrogen-bond donors (Lipinski definition) is 1. The highest BCUT2D eigenvalue weighted by molar-refractivity contribution is 6.12. The number of carbonyl (C=O) groups is 1. The number of likely N-dealkylation sites (N-methyl/N-ethyl adjacent to an activating group) is 1. The number of rotatable bonds is 1. The van der Waals surface area contributed by atoms with Crippen molar-refractivity contribution >= 4 is 5.78 Å². The second kappa shape index (κ2) is 4.74. The molecule has 1 saturated heterocycles. The Morgan fingerprint density at radius 1 is 1.30 bits per heavy atom. The lowest BCUT2D eigenvalue weighted by molar-refractivity contribution is 0.00687. The van der Waals surface area contributed by atoms with Crippen molar-refractivity contribution in [3.05, 3.63) is 46.5 Å². The fraction of sp³-hybridized carbons (Fsp3) is 0.350. The van der Waals surface area contributed by atoms with Gasteiger partial charge in [-0.15, -0.1) is 0 Å². The van der Waals surface area contributed by atoms with Gasteiger partial charge in [0, 0.05) is 6.42 Å². The van der Waals surface area contributed by atoms with Crippen LogP contribution in [0.1, 0.15) is 33.2 Å². The summed E-state index contributed by atoms with van der Waals surface area (Å²) in [5.74, 6) is 1.38. The topological polar surface area (TPSA) is 77.5 Å². The number of nitrogens with zero attached hydrogens (tertiary/aromatic N) is 1. The van der Waals surface area contributed by atoms with E-state index in [0.29, 0.717) is 29.2 Å². The number of benzene rings is 2. The summed E-state index contributed by atoms with van der Waals surface area (Å²) in [7, 11) is 3.41. The average molecular weight is 367 g/mol. The Morgan fingerprint density at radius 2 is 2.15 bits per heavy atom. The minimum Gasteiger partial charge on any atom is -0.504 e. The van der Waals surface area contributed by atoms with Crippen molar-refractivity contribution in [3.63, 3.8) is 0 Å². The standard InChI is InChI=1S/C20H17NO6/c1-21-15-6-9-5-14(24-2)12(22)7-11(9)20(21)18(23)16-10(19(20)27-15)3-4-13-17(16)26-8-25-13/h3-5,7,15,19,22H,6,8H2,1-2H3/t15-,19-,20+/m1/s1. The number of ketones is 1. The van der Waals surface area contributed by atoms with Gasteiger partial charge in [0.2, 0.25) is 6.79 Å². The van der Waals surface area contributed by atoms with Crippen molar-refractivity contribution in [1.82, 2.24) is 4.90 Å². The van der Waals surface area contributed by atoms with Crippen molar-refractivity contribution in [2.24, 2.45) is 0 Å². The molecule has 27 heavy (non-hydrogen) atoms. The van der Waals surface area contributed by atoms with Gasteiger partial charge < -0.3 is 24.1 Å². The van der Waals surface area contributed by atoms with E-state index in [0.717, 1.165) is 16.7 Å². The lowest BCUT2D eigenvalue weighted by Crippen LogP contribution is -2.52. The minimum absolute atomic E-state index is 0.0108. The molecular formula is C20H17NO6. The van der Waals surface area contributed by atoms with Gasteiger partial charge in [0.25, 0.3) is 0 Å². The highest BCUT2D eigenvalue weighted by Gasteiger charge is 2.67. The first kappa shape index (κ1) is 15.3. The Kier molecular flexibility index (Phi) is 2.68. The molecule has 4 aliphatic rings. The number of hydrogen-bond acceptors (Lipinski definition) is 7. The third kappa shape index (κ3) is 1.55. The molecule has 1 aliphatic carbocycles. The quantitative estimate of drug-likeness (QED) is 0.827. The third-order valence-corrected chi connectivity index (χ3v) is 6.30. The fourth-order valence-corrected chi connectivity index (χ4v) is 5.09. The first-order valence-corrected chi connectivity index (χ1v) is 8.83. The van der Waals surface area contributed by atoms with Crippen LogP contribution in [-0.4, -0.2) is 43.0 Å². The van der Waals surface area contributed by atoms with Gasteiger partial charge in [0.05, 0.1) is 12.7 Å². The molecule has 1 spiro atoms. The van der Waals surface area contributed by atoms with Crippen LogP contribution < -0.4 is 14.2 Å². The fourth-order valence-electron chi connectivity index (χ4n) is 5.09. The van der Waals surface area contributed by atoms with E-state index in [1.54, 1.807) is 12.1 Å². The first-order valence-electron chi connectivity index (χ1n) is 8.83. The van der Waals surface area contributed by atoms with Crippen LogP contribution in [-0.2, 0) is 16.7 Å². The Hall–Kier alpha value is -2.77. The van der Waals surface area contributed by atoms with Crippen LogP contribution in [0, 0.1) is 0 Å². The molecular weight excluding hydrogens is 350 g/mol. The predicted molar refractivity (Wildman–Crippen MR) is 92.3 cm³/mol. The number of carbonyl (C=O) groups excluding carboxylic acids is 1. The number of phenols is 1. The van der Waals surface area contributed by atoms with Crippen LogP contribution in [0.3, 0.4) is 0 Å². The minimum atomic E-state index is -1.02. The summed E-state index contributed by atoms with van der Waals surface area (Å²) in [6, 6.07) is 7.16. The molecule has 0 unspecified atom stereocenters. The van der Waals surface area contributed by atoms with Crippen molar-refractivity contribution < 1.29 is 28.8 Å². The zero-order valence-corrected chi connectivity index (χ0v) is 14.8. The van der Waals surface area contributed by atoms with Crippen molar-refractivity contribution in [3.8, 4) is 23.0 Å². The van der Waals surface area contributed by atoms with E-state index in [-0.39, 0.29) is 24.6 Å². The molecule has 2 aromatic rings. The van der Waals surface area contributed by atoms with Gasteiger partial charge in [-0.25, -0.2) is 0 Å². The summed E-state index contributed by atoms with van der Waals surface area (Å²) in [6.45, 7) is 0.102. The average Bonchev–Trinajstić information content (AvgIpc) is 3.27. The molecule has 0 saturated carbocycles. The molecule has 7 heteroatoms. The lowest BCUT2D eigenvalue weighted by Gasteiger charge is -2.40. The SMILES string of the molecule is COc1cc2c(cc1O)[C@]13C(=O)c4c(ccc5c4OCO5)[C@H]1O[C@H](C2)N3C. The number of phenolic OH excluding ortho intramolecular Hbond substituents is 1. The number of ether oxygens (including phenoxy) is 4. The highest BCUT2D eigenvalue weighted by atomic mass is 16.7. The largest absolute Gasteiger partial charge is 0.504 e. The molecule has 1 N–H and O–H groups in total. The molecule has 6 rings (SSSR count). The monoisotopic (exact) mass is 367 g/mol. The molecule has 3 aliphatic heterocycles. The smallest absolute Gasteiger partial charge is 0.231 e. The Labute approximate surface area is 155 Å². The Morgan fingerprint density at radius 3 is 2.96 bits per heavy atom. The maximum atomic E-state index is 13.8. The molecule has 3 atom stereocenters. The molecule has 0 amide bonds. The molecule has 7 nitrogen and oxygen atoms in total. The summed E-state index contributed by atoms with van der Waals surface area (Å²) >= 11 is 0. The van der Waals surface area contributed by atoms with E-state index in [1.165, 1.54) is 7.11 Å². The van der Waals surface area contributed by atoms with E-state index in [9.17, 15) is 9.90 Å². The second-order valence-corrected chi connectivity index (χ2v) is 7.33. The van der Waals surface area contributed by atoms with Gasteiger partial charge in [-0.2, -0.15) is 0 Å². The molecule has 2 bridgehead atoms. The van der Waals surface area contributed by atoms with E-state index in [1.807, 2.05) is 24.1 Å². The van der Waals surface area contributed by atoms with Gasteiger partial charge in [-0.1, -0.05) is 6.07 Å². The number of fused-ring (bicyclic) bond motifs is 6. The van der Waals surface area contributed by atoms with Crippen LogP contribution in [0.2, 0.25) is 0 Å². The summed E-state index contributed by atoms with van der Waals surface area (Å²) in [4.78, 5) is 15.8. The van der Waals surface area contributed by atoms with Crippen LogP contribution in [0.4, 0.5) is 0 Å². The maximum absolute atomic E-state index is 13.8. The molecule has 0 aromatic heterocycles. The van der Waals surface area contributed by atoms with Gasteiger partial charge in [-0.05, 0) is 41.9 Å². The summed E-state index contributed by atoms with van der Waals surface area (Å²) < 4.78 is 22.7. The Bertz CT molecular complexity index is 1030. The summed E-state index contributed by atoms with van der Waals surface area (Å²) in [6.07, 6.45) is -0.0636. The zero-order valence-electron chi connectivity index (χ0n) is 14.8. The van der Waals surface area contributed by atoms with Gasteiger partial charge in [0.1, 0.15) is 17.9 Å². The van der Waals surface area contributed by atoms with Crippen LogP contribution in [0.15, 0.2) is 24.3 Å². The molecule has 0 radical (unpaired) electrons. The summed E-state index contributed by atoms with van der Waals surface area (Å²) in [5.41, 5.74) is 2.01. The van der Waals surface area contributed by atoms with E-state index >= 15 is 0 Å². The molecule has 3 heterocycles. The van der Waals surface area contributed by atoms with E-state index < -0.39 is 11.6 Å². The number of Topliss-reactive ketones (excluding diaryl/α,β-unsaturated/α-hetero) is 1. The third-order valence-electron chi connectivity index (χ3n) is 6.30. The normalized spacial score (nSPS) is 29.5. The second-order valence-electron chi connectivity index (χ2n) is 7.33. The number of aromatic hydroxyl groups is 1. The number of methoxy groups -OCH3 is 1. The molecule has 138 valence electrons. The van der Waals surface area contributed by atoms with Crippen LogP contribution >= 0.6 is 0 Å². The van der Waals surface area contributed by atoms with Gasteiger partial charge >= 0.3 is 0 Å². The molecule has 1 fully saturated rings. The van der Waals surface area contributed by atoms with Crippen molar-refractivity contribution in [1.29, 1.82) is 0 Å². The maximum Gasteiger partial charge on any atom is 0.231 e. The lowest BCUT2D eigenvalue weighted by atomic mass is 9.77. The Balaban J connectivity index is 1.65. The van der Waals surface area contributed by atoms with Crippen LogP contribution in [0.5, 0.6) is 23.0 Å². The van der Waals surface area contributed by atoms with Gasteiger partial charge in [-0.3, -0.25) is 9.69 Å². The zero-order chi connectivity index (χ0) is 18.5. The highest BCUT2D eigenvalue weighted by Crippen LogP contribution is 2.63. The van der Waals surface area contributed by atoms with E-state index in [2.05, 4.69) is 0 Å². The van der Waals surface area contributed by atoms with Crippen molar-refractivity contribution in [2.75, 3.05) is 21.0 Å². The van der Waals surface area contributed by atoms with Crippen molar-refractivity contribution in [2.45, 2.75) is 24.3 Å². The van der Waals surface area contributed by atoms with Gasteiger partial charge in [0.15, 0.2) is 28.8 Å². The molecule has 2 aromatic carbocycles.